The summed E-state index contributed by atoms with van der Waals surface area (Å²) in [4.78, 5) is 21.4. The highest BCUT2D eigenvalue weighted by Crippen LogP contribution is 2.17. The topological polar surface area (TPSA) is 141 Å². The van der Waals surface area contributed by atoms with Gasteiger partial charge in [-0.15, -0.1) is 5.10 Å². The highest BCUT2D eigenvalue weighted by molar-refractivity contribution is 7.88. The molecule has 1 aromatic carbocycles. The molecular formula is C22H27N7O5S. The number of sulfonamides is 1. The molecule has 4 rings (SSSR count). The van der Waals surface area contributed by atoms with Gasteiger partial charge in [-0.2, -0.15) is 4.31 Å². The summed E-state index contributed by atoms with van der Waals surface area (Å²) < 4.78 is 37.5. The van der Waals surface area contributed by atoms with Gasteiger partial charge in [0.05, 0.1) is 44.5 Å². The Bertz CT molecular complexity index is 1310. The van der Waals surface area contributed by atoms with Crippen LogP contribution in [0.25, 0.3) is 11.4 Å². The molecule has 186 valence electrons. The zero-order valence-electron chi connectivity index (χ0n) is 19.7. The number of nitrogens with one attached hydrogen (secondary N) is 1. The number of rotatable bonds is 8. The third-order valence-electron chi connectivity index (χ3n) is 5.42. The Morgan fingerprint density at radius 2 is 2.09 bits per heavy atom. The number of aromatic nitrogens is 5. The summed E-state index contributed by atoms with van der Waals surface area (Å²) in [7, 11) is -1.70. The van der Waals surface area contributed by atoms with E-state index in [0.29, 0.717) is 49.2 Å². The summed E-state index contributed by atoms with van der Waals surface area (Å²) in [5, 5.41) is 11.1. The van der Waals surface area contributed by atoms with Crippen LogP contribution in [0.1, 0.15) is 21.9 Å². The molecule has 1 fully saturated rings. The molecule has 1 amide bonds. The van der Waals surface area contributed by atoms with Crippen LogP contribution in [0.4, 0.5) is 0 Å². The van der Waals surface area contributed by atoms with Crippen LogP contribution in [0, 0.1) is 6.92 Å². The zero-order valence-corrected chi connectivity index (χ0v) is 20.5. The minimum Gasteiger partial charge on any atom is -0.497 e. The fourth-order valence-corrected chi connectivity index (χ4v) is 4.53. The fourth-order valence-electron chi connectivity index (χ4n) is 3.69. The standard InChI is InChI=1S/C22H27N7O5S/c1-15-24-19(10-20(25-15)22(30)23-11-16-5-4-6-17(9-16)33-2)21-14-28(27-26-21)12-18-13-29(7-8-34-18)35(3,31)32/h4-6,9-10,14,18H,7-8,11-13H2,1-3H3,(H,23,30). The largest absolute Gasteiger partial charge is 0.497 e. The second-order valence-electron chi connectivity index (χ2n) is 8.16. The number of carbonyl (C=O) groups is 1. The molecule has 12 nitrogen and oxygen atoms in total. The SMILES string of the molecule is COc1cccc(CNC(=O)c2cc(-c3cn(CC4CN(S(C)(=O)=O)CCO4)nn3)nc(C)n2)c1. The van der Waals surface area contributed by atoms with Crippen molar-refractivity contribution in [1.82, 2.24) is 34.6 Å². The average molecular weight is 502 g/mol. The molecule has 3 heterocycles. The molecule has 0 radical (unpaired) electrons. The van der Waals surface area contributed by atoms with Gasteiger partial charge in [0.25, 0.3) is 5.91 Å². The van der Waals surface area contributed by atoms with Crippen molar-refractivity contribution < 1.29 is 22.7 Å². The van der Waals surface area contributed by atoms with Crippen LogP contribution in [0.3, 0.4) is 0 Å². The maximum absolute atomic E-state index is 12.7. The van der Waals surface area contributed by atoms with Gasteiger partial charge in [0.15, 0.2) is 0 Å². The van der Waals surface area contributed by atoms with E-state index in [1.165, 1.54) is 10.6 Å². The fraction of sp³-hybridized carbons (Fsp3) is 0.409. The number of methoxy groups -OCH3 is 1. The van der Waals surface area contributed by atoms with E-state index < -0.39 is 10.0 Å². The number of aryl methyl sites for hydroxylation is 1. The molecule has 0 bridgehead atoms. The molecular weight excluding hydrogens is 474 g/mol. The van der Waals surface area contributed by atoms with Crippen molar-refractivity contribution in [2.45, 2.75) is 26.1 Å². The van der Waals surface area contributed by atoms with Gasteiger partial charge >= 0.3 is 0 Å². The number of morpholine rings is 1. The molecule has 0 saturated carbocycles. The molecule has 35 heavy (non-hydrogen) atoms. The summed E-state index contributed by atoms with van der Waals surface area (Å²) >= 11 is 0. The number of nitrogens with zero attached hydrogens (tertiary/aromatic N) is 6. The third-order valence-corrected chi connectivity index (χ3v) is 6.69. The number of carbonyl (C=O) groups excluding carboxylic acids is 1. The molecule has 1 N–H and O–H groups in total. The third kappa shape index (κ3) is 6.38. The van der Waals surface area contributed by atoms with Crippen LogP contribution < -0.4 is 10.1 Å². The first-order valence-corrected chi connectivity index (χ1v) is 12.8. The van der Waals surface area contributed by atoms with E-state index in [2.05, 4.69) is 25.6 Å². The lowest BCUT2D eigenvalue weighted by Gasteiger charge is -2.30. The van der Waals surface area contributed by atoms with Crippen LogP contribution in [0.2, 0.25) is 0 Å². The Morgan fingerprint density at radius 1 is 1.26 bits per heavy atom. The number of amides is 1. The van der Waals surface area contributed by atoms with Gasteiger partial charge in [-0.3, -0.25) is 4.79 Å². The lowest BCUT2D eigenvalue weighted by molar-refractivity contribution is -0.0120. The van der Waals surface area contributed by atoms with E-state index in [1.807, 2.05) is 24.3 Å². The Hall–Kier alpha value is -3.42. The van der Waals surface area contributed by atoms with Crippen molar-refractivity contribution in [3.8, 4) is 17.1 Å². The molecule has 0 aliphatic carbocycles. The summed E-state index contributed by atoms with van der Waals surface area (Å²) in [6.45, 7) is 3.24. The number of benzene rings is 1. The average Bonchev–Trinajstić information content (AvgIpc) is 3.30. The van der Waals surface area contributed by atoms with Crippen LogP contribution >= 0.6 is 0 Å². The van der Waals surface area contributed by atoms with Crippen LogP contribution in [-0.2, 0) is 27.8 Å². The first-order chi connectivity index (χ1) is 16.7. The van der Waals surface area contributed by atoms with Crippen LogP contribution in [-0.4, -0.2) is 82.8 Å². The van der Waals surface area contributed by atoms with Crippen molar-refractivity contribution in [3.05, 3.63) is 53.6 Å². The maximum atomic E-state index is 12.7. The monoisotopic (exact) mass is 501 g/mol. The van der Waals surface area contributed by atoms with Gasteiger partial charge in [0, 0.05) is 19.6 Å². The molecule has 13 heteroatoms. The normalized spacial score (nSPS) is 16.7. The summed E-state index contributed by atoms with van der Waals surface area (Å²) in [5.74, 6) is 0.786. The van der Waals surface area contributed by atoms with E-state index in [9.17, 15) is 13.2 Å². The van der Waals surface area contributed by atoms with Gasteiger partial charge in [-0.05, 0) is 30.7 Å². The lowest BCUT2D eigenvalue weighted by atomic mass is 10.2. The van der Waals surface area contributed by atoms with Gasteiger partial charge < -0.3 is 14.8 Å². The van der Waals surface area contributed by atoms with Crippen molar-refractivity contribution in [3.63, 3.8) is 0 Å². The Morgan fingerprint density at radius 3 is 2.86 bits per heavy atom. The summed E-state index contributed by atoms with van der Waals surface area (Å²) in [6.07, 6.45) is 2.52. The summed E-state index contributed by atoms with van der Waals surface area (Å²) in [5.41, 5.74) is 2.03. The number of ether oxygens (including phenoxy) is 2. The minimum absolute atomic E-state index is 0.212. The molecule has 2 aromatic heterocycles. The second kappa shape index (κ2) is 10.5. The predicted molar refractivity (Wildman–Crippen MR) is 126 cm³/mol. The van der Waals surface area contributed by atoms with E-state index >= 15 is 0 Å². The van der Waals surface area contributed by atoms with Crippen molar-refractivity contribution in [2.24, 2.45) is 0 Å². The van der Waals surface area contributed by atoms with Gasteiger partial charge in [-0.25, -0.2) is 23.1 Å². The van der Waals surface area contributed by atoms with Crippen molar-refractivity contribution >= 4 is 15.9 Å². The van der Waals surface area contributed by atoms with Crippen LogP contribution in [0.15, 0.2) is 36.5 Å². The molecule has 0 spiro atoms. The highest BCUT2D eigenvalue weighted by atomic mass is 32.2. The first-order valence-electron chi connectivity index (χ1n) is 11.0. The quantitative estimate of drug-likeness (QED) is 0.471. The molecule has 1 saturated heterocycles. The van der Waals surface area contributed by atoms with E-state index in [4.69, 9.17) is 9.47 Å². The van der Waals surface area contributed by atoms with Crippen LogP contribution in [0.5, 0.6) is 5.75 Å². The van der Waals surface area contributed by atoms with Crippen molar-refractivity contribution in [1.29, 1.82) is 0 Å². The molecule has 1 aliphatic rings. The van der Waals surface area contributed by atoms with E-state index in [-0.39, 0.29) is 24.2 Å². The van der Waals surface area contributed by atoms with E-state index in [1.54, 1.807) is 31.0 Å². The molecule has 1 unspecified atom stereocenters. The Kier molecular flexibility index (Phi) is 7.38. The summed E-state index contributed by atoms with van der Waals surface area (Å²) in [6, 6.07) is 8.99. The molecule has 1 aliphatic heterocycles. The van der Waals surface area contributed by atoms with Gasteiger partial charge in [0.1, 0.15) is 23.0 Å². The van der Waals surface area contributed by atoms with Crippen molar-refractivity contribution in [2.75, 3.05) is 33.1 Å². The Labute approximate surface area is 203 Å². The maximum Gasteiger partial charge on any atom is 0.270 e. The molecule has 1 atom stereocenters. The minimum atomic E-state index is -3.29. The smallest absolute Gasteiger partial charge is 0.270 e. The van der Waals surface area contributed by atoms with Gasteiger partial charge in [-0.1, -0.05) is 17.3 Å². The highest BCUT2D eigenvalue weighted by Gasteiger charge is 2.27. The lowest BCUT2D eigenvalue weighted by Crippen LogP contribution is -2.46. The number of hydrogen-bond acceptors (Lipinski definition) is 9. The molecule has 3 aromatic rings. The number of hydrogen-bond donors (Lipinski definition) is 1. The zero-order chi connectivity index (χ0) is 25.0. The second-order valence-corrected chi connectivity index (χ2v) is 10.1. The van der Waals surface area contributed by atoms with Gasteiger partial charge in [0.2, 0.25) is 10.0 Å². The first kappa shape index (κ1) is 24.7. The van der Waals surface area contributed by atoms with E-state index in [0.717, 1.165) is 5.56 Å². The Balaban J connectivity index is 1.43. The predicted octanol–water partition coefficient (Wildman–Crippen LogP) is 0.643.